The summed E-state index contributed by atoms with van der Waals surface area (Å²) < 4.78 is 5.51. The van der Waals surface area contributed by atoms with Crippen molar-refractivity contribution in [1.82, 2.24) is 0 Å². The largest absolute Gasteiger partial charge is 0.461 e. The Kier molecular flexibility index (Phi) is 8.29. The molecule has 0 aliphatic carbocycles. The number of ether oxygens (including phenoxy) is 1. The number of esters is 1. The van der Waals surface area contributed by atoms with Crippen molar-refractivity contribution in [1.29, 1.82) is 0 Å². The third-order valence-electron chi connectivity index (χ3n) is 1.99. The molecule has 0 N–H and O–H groups in total. The molecule has 0 aromatic heterocycles. The predicted octanol–water partition coefficient (Wildman–Crippen LogP) is 3.86. The average molecular weight is 267 g/mol. The molecule has 0 bridgehead atoms. The van der Waals surface area contributed by atoms with Crippen LogP contribution in [0.5, 0.6) is 0 Å². The second kappa shape index (κ2) is 8.24. The second-order valence-corrected chi connectivity index (χ2v) is 6.93. The normalized spacial score (nSPS) is 13.6. The van der Waals surface area contributed by atoms with Gasteiger partial charge in [0.05, 0.1) is 0 Å². The SMILES string of the molecule is CCCCC(CSC(C)(C)C)OC(=O)CCl. The Morgan fingerprint density at radius 2 is 2.06 bits per heavy atom. The summed E-state index contributed by atoms with van der Waals surface area (Å²) in [5.74, 6) is 0.492. The highest BCUT2D eigenvalue weighted by Crippen LogP contribution is 2.25. The molecule has 0 radical (unpaired) electrons. The van der Waals surface area contributed by atoms with Crippen LogP contribution in [0.3, 0.4) is 0 Å². The summed E-state index contributed by atoms with van der Waals surface area (Å²) in [5, 5.41) is 0. The molecule has 0 aliphatic heterocycles. The molecule has 0 amide bonds. The Balaban J connectivity index is 4.04. The first-order valence-corrected chi connectivity index (χ1v) is 7.30. The van der Waals surface area contributed by atoms with Gasteiger partial charge in [0, 0.05) is 10.5 Å². The molecule has 0 aromatic rings. The molecule has 0 rings (SSSR count). The van der Waals surface area contributed by atoms with Gasteiger partial charge in [-0.15, -0.1) is 11.6 Å². The molecule has 96 valence electrons. The van der Waals surface area contributed by atoms with Crippen LogP contribution in [-0.4, -0.2) is 28.5 Å². The summed E-state index contributed by atoms with van der Waals surface area (Å²) in [5.41, 5.74) is 0. The fourth-order valence-electron chi connectivity index (χ4n) is 1.17. The van der Waals surface area contributed by atoms with E-state index in [1.807, 2.05) is 11.8 Å². The molecule has 16 heavy (non-hydrogen) atoms. The van der Waals surface area contributed by atoms with Crippen molar-refractivity contribution in [3.8, 4) is 0 Å². The third-order valence-corrected chi connectivity index (χ3v) is 3.61. The monoisotopic (exact) mass is 266 g/mol. The van der Waals surface area contributed by atoms with Crippen molar-refractivity contribution in [2.75, 3.05) is 11.6 Å². The van der Waals surface area contributed by atoms with Crippen molar-refractivity contribution in [2.45, 2.75) is 57.8 Å². The molecular weight excluding hydrogens is 244 g/mol. The molecule has 0 saturated carbocycles. The van der Waals surface area contributed by atoms with Gasteiger partial charge in [-0.3, -0.25) is 4.79 Å². The number of alkyl halides is 1. The van der Waals surface area contributed by atoms with Crippen LogP contribution in [0, 0.1) is 0 Å². The standard InChI is InChI=1S/C12H23ClO2S/c1-5-6-7-10(15-11(14)8-13)9-16-12(2,3)4/h10H,5-9H2,1-4H3. The van der Waals surface area contributed by atoms with Crippen molar-refractivity contribution in [3.63, 3.8) is 0 Å². The van der Waals surface area contributed by atoms with E-state index >= 15 is 0 Å². The van der Waals surface area contributed by atoms with Crippen molar-refractivity contribution in [2.24, 2.45) is 0 Å². The minimum Gasteiger partial charge on any atom is -0.461 e. The van der Waals surface area contributed by atoms with Crippen LogP contribution in [0.4, 0.5) is 0 Å². The lowest BCUT2D eigenvalue weighted by Crippen LogP contribution is -2.24. The maximum absolute atomic E-state index is 11.1. The van der Waals surface area contributed by atoms with E-state index in [1.165, 1.54) is 0 Å². The summed E-state index contributed by atoms with van der Waals surface area (Å²) >= 11 is 7.26. The summed E-state index contributed by atoms with van der Waals surface area (Å²) in [6.07, 6.45) is 3.15. The van der Waals surface area contributed by atoms with E-state index in [2.05, 4.69) is 27.7 Å². The second-order valence-electron chi connectivity index (χ2n) is 4.81. The first-order valence-electron chi connectivity index (χ1n) is 5.78. The van der Waals surface area contributed by atoms with Gasteiger partial charge >= 0.3 is 5.97 Å². The third kappa shape index (κ3) is 9.34. The number of hydrogen-bond donors (Lipinski definition) is 0. The Morgan fingerprint density at radius 3 is 2.50 bits per heavy atom. The average Bonchev–Trinajstić information content (AvgIpc) is 2.20. The highest BCUT2D eigenvalue weighted by Gasteiger charge is 2.18. The molecule has 4 heteroatoms. The van der Waals surface area contributed by atoms with Gasteiger partial charge in [0.15, 0.2) is 0 Å². The molecule has 1 atom stereocenters. The Labute approximate surface area is 108 Å². The summed E-state index contributed by atoms with van der Waals surface area (Å²) in [7, 11) is 0. The van der Waals surface area contributed by atoms with Gasteiger partial charge in [0.2, 0.25) is 0 Å². The molecular formula is C12H23ClO2S. The zero-order valence-electron chi connectivity index (χ0n) is 10.7. The lowest BCUT2D eigenvalue weighted by Gasteiger charge is -2.22. The summed E-state index contributed by atoms with van der Waals surface area (Å²) in [6.45, 7) is 8.63. The maximum Gasteiger partial charge on any atom is 0.321 e. The quantitative estimate of drug-likeness (QED) is 0.517. The maximum atomic E-state index is 11.1. The lowest BCUT2D eigenvalue weighted by molar-refractivity contribution is -0.145. The molecule has 1 unspecified atom stereocenters. The Hall–Kier alpha value is 0.110. The zero-order valence-corrected chi connectivity index (χ0v) is 12.3. The number of carbonyl (C=O) groups excluding carboxylic acids is 1. The van der Waals surface area contributed by atoms with E-state index in [4.69, 9.17) is 16.3 Å². The Morgan fingerprint density at radius 1 is 1.44 bits per heavy atom. The fourth-order valence-corrected chi connectivity index (χ4v) is 2.15. The van der Waals surface area contributed by atoms with Crippen molar-refractivity contribution in [3.05, 3.63) is 0 Å². The lowest BCUT2D eigenvalue weighted by atomic mass is 10.2. The molecule has 0 heterocycles. The van der Waals surface area contributed by atoms with Crippen molar-refractivity contribution >= 4 is 29.3 Å². The first-order chi connectivity index (χ1) is 7.39. The number of rotatable bonds is 7. The smallest absolute Gasteiger partial charge is 0.321 e. The number of unbranched alkanes of at least 4 members (excludes halogenated alkanes) is 1. The van der Waals surface area contributed by atoms with E-state index in [0.717, 1.165) is 25.0 Å². The first kappa shape index (κ1) is 16.1. The number of hydrogen-bond acceptors (Lipinski definition) is 3. The van der Waals surface area contributed by atoms with Gasteiger partial charge in [-0.1, -0.05) is 40.5 Å². The number of halogens is 1. The molecule has 0 saturated heterocycles. The van der Waals surface area contributed by atoms with E-state index < -0.39 is 0 Å². The Bertz CT molecular complexity index is 202. The minimum atomic E-state index is -0.308. The van der Waals surface area contributed by atoms with E-state index in [9.17, 15) is 4.79 Å². The molecule has 2 nitrogen and oxygen atoms in total. The van der Waals surface area contributed by atoms with Gasteiger partial charge in [-0.05, 0) is 6.42 Å². The van der Waals surface area contributed by atoms with Gasteiger partial charge in [-0.2, -0.15) is 11.8 Å². The fraction of sp³-hybridized carbons (Fsp3) is 0.917. The van der Waals surface area contributed by atoms with Crippen LogP contribution in [0.15, 0.2) is 0 Å². The van der Waals surface area contributed by atoms with Gasteiger partial charge in [0.1, 0.15) is 12.0 Å². The van der Waals surface area contributed by atoms with Crippen LogP contribution < -0.4 is 0 Å². The van der Waals surface area contributed by atoms with Gasteiger partial charge in [-0.25, -0.2) is 0 Å². The summed E-state index contributed by atoms with van der Waals surface area (Å²) in [4.78, 5) is 11.1. The highest BCUT2D eigenvalue weighted by atomic mass is 35.5. The van der Waals surface area contributed by atoms with Crippen LogP contribution in [0.25, 0.3) is 0 Å². The number of thioether (sulfide) groups is 1. The molecule has 0 aliphatic rings. The van der Waals surface area contributed by atoms with Gasteiger partial charge in [0.25, 0.3) is 0 Å². The topological polar surface area (TPSA) is 26.3 Å². The van der Waals surface area contributed by atoms with Crippen molar-refractivity contribution < 1.29 is 9.53 Å². The predicted molar refractivity (Wildman–Crippen MR) is 72.3 cm³/mol. The highest BCUT2D eigenvalue weighted by molar-refractivity contribution is 8.00. The van der Waals surface area contributed by atoms with Crippen LogP contribution in [-0.2, 0) is 9.53 Å². The minimum absolute atomic E-state index is 0.00965. The molecule has 0 spiro atoms. The summed E-state index contributed by atoms with van der Waals surface area (Å²) in [6, 6.07) is 0. The molecule has 0 fully saturated rings. The van der Waals surface area contributed by atoms with Crippen LogP contribution >= 0.6 is 23.4 Å². The van der Waals surface area contributed by atoms with E-state index in [0.29, 0.717) is 0 Å². The zero-order chi connectivity index (χ0) is 12.6. The van der Waals surface area contributed by atoms with Crippen LogP contribution in [0.2, 0.25) is 0 Å². The van der Waals surface area contributed by atoms with Gasteiger partial charge < -0.3 is 4.74 Å². The van der Waals surface area contributed by atoms with E-state index in [1.54, 1.807) is 0 Å². The molecule has 0 aromatic carbocycles. The van der Waals surface area contributed by atoms with Crippen LogP contribution in [0.1, 0.15) is 47.0 Å². The number of carbonyl (C=O) groups is 1. The van der Waals surface area contributed by atoms with E-state index in [-0.39, 0.29) is 22.7 Å².